The van der Waals surface area contributed by atoms with Crippen molar-refractivity contribution in [3.8, 4) is 0 Å². The number of rotatable bonds is 4. The molecule has 0 aromatic heterocycles. The molecule has 0 atom stereocenters. The van der Waals surface area contributed by atoms with Crippen molar-refractivity contribution in [2.75, 3.05) is 19.0 Å². The van der Waals surface area contributed by atoms with E-state index in [9.17, 15) is 0 Å². The Morgan fingerprint density at radius 2 is 1.92 bits per heavy atom. The lowest BCUT2D eigenvalue weighted by atomic mass is 10.2. The first-order valence-electron chi connectivity index (χ1n) is 4.82. The molecule has 1 radical (unpaired) electrons. The molecule has 13 heavy (non-hydrogen) atoms. The van der Waals surface area contributed by atoms with Crippen LogP contribution in [-0.4, -0.2) is 29.3 Å². The lowest BCUT2D eigenvalue weighted by Gasteiger charge is -2.16. The molecule has 2 heteroatoms. The fourth-order valence-corrected chi connectivity index (χ4v) is 2.36. The van der Waals surface area contributed by atoms with Gasteiger partial charge >= 0.3 is 0 Å². The van der Waals surface area contributed by atoms with E-state index in [0.29, 0.717) is 15.2 Å². The summed E-state index contributed by atoms with van der Waals surface area (Å²) in [4.78, 5) is 2.20. The van der Waals surface area contributed by atoms with E-state index < -0.39 is 0 Å². The molecule has 69 valence electrons. The van der Waals surface area contributed by atoms with E-state index in [-0.39, 0.29) is 0 Å². The number of anilines is 1. The zero-order valence-corrected chi connectivity index (χ0v) is 9.90. The molecule has 0 fully saturated rings. The molecule has 0 amide bonds. The van der Waals surface area contributed by atoms with Gasteiger partial charge in [0.1, 0.15) is 0 Å². The van der Waals surface area contributed by atoms with Crippen LogP contribution in [0.15, 0.2) is 24.3 Å². The van der Waals surface area contributed by atoms with E-state index in [1.807, 2.05) is 0 Å². The summed E-state index contributed by atoms with van der Waals surface area (Å²) in [5, 5.41) is 2.63. The van der Waals surface area contributed by atoms with Gasteiger partial charge in [0.05, 0.1) is 0 Å². The molecule has 0 unspecified atom stereocenters. The zero-order chi connectivity index (χ0) is 9.68. The summed E-state index contributed by atoms with van der Waals surface area (Å²) in [6, 6.07) is 8.69. The van der Waals surface area contributed by atoms with Crippen molar-refractivity contribution in [3.05, 3.63) is 29.8 Å². The smallest absolute Gasteiger partial charge is 0.206 e. The largest absolute Gasteiger partial charge is 0.377 e. The van der Waals surface area contributed by atoms with Gasteiger partial charge in [-0.05, 0) is 11.6 Å². The summed E-state index contributed by atoms with van der Waals surface area (Å²) < 4.78 is 0. The Bertz CT molecular complexity index is 258. The average molecular weight is 190 g/mol. The SMILES string of the molecule is C[CH2][Al][CH2]c1ccccc1N(C)C. The predicted molar refractivity (Wildman–Crippen MR) is 60.7 cm³/mol. The molecular weight excluding hydrogens is 173 g/mol. The normalized spacial score (nSPS) is 9.77. The van der Waals surface area contributed by atoms with Crippen molar-refractivity contribution >= 4 is 20.9 Å². The Labute approximate surface area is 87.5 Å². The Morgan fingerprint density at radius 3 is 2.54 bits per heavy atom. The molecule has 0 spiro atoms. The maximum atomic E-state index is 2.27. The summed E-state index contributed by atoms with van der Waals surface area (Å²) in [6.07, 6.45) is 0. The zero-order valence-electron chi connectivity index (χ0n) is 8.75. The maximum Gasteiger partial charge on any atom is 0.206 e. The third-order valence-corrected chi connectivity index (χ3v) is 3.43. The summed E-state index contributed by atoms with van der Waals surface area (Å²) in [5.41, 5.74) is 2.88. The highest BCUT2D eigenvalue weighted by molar-refractivity contribution is 6.34. The van der Waals surface area contributed by atoms with E-state index in [4.69, 9.17) is 0 Å². The summed E-state index contributed by atoms with van der Waals surface area (Å²) in [7, 11) is 4.22. The summed E-state index contributed by atoms with van der Waals surface area (Å²) in [6.45, 7) is 2.27. The van der Waals surface area contributed by atoms with Gasteiger partial charge in [-0.15, -0.1) is 5.28 Å². The van der Waals surface area contributed by atoms with E-state index in [1.54, 1.807) is 0 Å². The van der Waals surface area contributed by atoms with Crippen molar-refractivity contribution in [1.29, 1.82) is 0 Å². The first kappa shape index (κ1) is 10.6. The minimum absolute atomic E-state index is 0.599. The minimum Gasteiger partial charge on any atom is -0.377 e. The Balaban J connectivity index is 2.78. The van der Waals surface area contributed by atoms with E-state index in [1.165, 1.54) is 21.8 Å². The van der Waals surface area contributed by atoms with Crippen molar-refractivity contribution in [3.63, 3.8) is 0 Å². The molecule has 1 aromatic rings. The van der Waals surface area contributed by atoms with Crippen LogP contribution in [-0.2, 0) is 5.28 Å². The van der Waals surface area contributed by atoms with E-state index in [2.05, 4.69) is 50.2 Å². The maximum absolute atomic E-state index is 2.27. The average Bonchev–Trinajstić information content (AvgIpc) is 2.15. The molecule has 0 N–H and O–H groups in total. The van der Waals surface area contributed by atoms with Gasteiger partial charge in [-0.2, -0.15) is 0 Å². The second-order valence-corrected chi connectivity index (χ2v) is 5.23. The lowest BCUT2D eigenvalue weighted by molar-refractivity contribution is 1.11. The van der Waals surface area contributed by atoms with Crippen LogP contribution < -0.4 is 4.90 Å². The van der Waals surface area contributed by atoms with Crippen LogP contribution in [0.2, 0.25) is 5.28 Å². The van der Waals surface area contributed by atoms with Gasteiger partial charge in [-0.3, -0.25) is 0 Å². The minimum atomic E-state index is 0.599. The van der Waals surface area contributed by atoms with Gasteiger partial charge in [0, 0.05) is 19.8 Å². The highest BCUT2D eigenvalue weighted by Crippen LogP contribution is 2.17. The van der Waals surface area contributed by atoms with Gasteiger partial charge in [0.2, 0.25) is 15.2 Å². The highest BCUT2D eigenvalue weighted by atomic mass is 27.1. The number of para-hydroxylation sites is 1. The molecule has 1 nitrogen and oxygen atoms in total. The molecule has 0 saturated heterocycles. The number of nitrogens with zero attached hydrogens (tertiary/aromatic N) is 1. The fourth-order valence-electron chi connectivity index (χ4n) is 1.42. The molecule has 0 bridgehead atoms. The Morgan fingerprint density at radius 1 is 1.23 bits per heavy atom. The van der Waals surface area contributed by atoms with Gasteiger partial charge in [0.15, 0.2) is 0 Å². The fraction of sp³-hybridized carbons (Fsp3) is 0.455. The van der Waals surface area contributed by atoms with Crippen molar-refractivity contribution in [1.82, 2.24) is 0 Å². The Kier molecular flexibility index (Phi) is 4.35. The van der Waals surface area contributed by atoms with Crippen LogP contribution in [0.1, 0.15) is 12.5 Å². The van der Waals surface area contributed by atoms with Crippen LogP contribution in [0, 0.1) is 0 Å². The number of benzene rings is 1. The second kappa shape index (κ2) is 5.32. The molecule has 0 saturated carbocycles. The van der Waals surface area contributed by atoms with E-state index in [0.717, 1.165) is 0 Å². The van der Waals surface area contributed by atoms with E-state index >= 15 is 0 Å². The molecule has 1 rings (SSSR count). The molecule has 1 aromatic carbocycles. The molecule has 0 aliphatic carbocycles. The first-order valence-corrected chi connectivity index (χ1v) is 6.46. The van der Waals surface area contributed by atoms with Crippen LogP contribution in [0.3, 0.4) is 0 Å². The number of hydrogen-bond acceptors (Lipinski definition) is 1. The quantitative estimate of drug-likeness (QED) is 0.659. The van der Waals surface area contributed by atoms with Gasteiger partial charge in [-0.1, -0.05) is 30.4 Å². The molecule has 0 aliphatic rings. The van der Waals surface area contributed by atoms with Crippen LogP contribution in [0.25, 0.3) is 0 Å². The van der Waals surface area contributed by atoms with Crippen LogP contribution >= 0.6 is 0 Å². The highest BCUT2D eigenvalue weighted by Gasteiger charge is 2.02. The molecule has 0 aliphatic heterocycles. The van der Waals surface area contributed by atoms with Crippen LogP contribution in [0.5, 0.6) is 0 Å². The van der Waals surface area contributed by atoms with Crippen molar-refractivity contribution in [2.24, 2.45) is 0 Å². The molecular formula is C11H17AlN. The van der Waals surface area contributed by atoms with Gasteiger partial charge < -0.3 is 4.90 Å². The lowest BCUT2D eigenvalue weighted by Crippen LogP contribution is -2.12. The van der Waals surface area contributed by atoms with Gasteiger partial charge in [0.25, 0.3) is 0 Å². The predicted octanol–water partition coefficient (Wildman–Crippen LogP) is 2.40. The van der Waals surface area contributed by atoms with Crippen molar-refractivity contribution < 1.29 is 0 Å². The number of hydrogen-bond donors (Lipinski definition) is 0. The van der Waals surface area contributed by atoms with Gasteiger partial charge in [-0.25, -0.2) is 0 Å². The monoisotopic (exact) mass is 190 g/mol. The Hall–Kier alpha value is -0.448. The molecule has 0 heterocycles. The topological polar surface area (TPSA) is 3.24 Å². The van der Waals surface area contributed by atoms with Crippen LogP contribution in [0.4, 0.5) is 5.69 Å². The van der Waals surface area contributed by atoms with Crippen molar-refractivity contribution in [2.45, 2.75) is 17.5 Å². The summed E-state index contributed by atoms with van der Waals surface area (Å²) >= 11 is 0.599. The third-order valence-electron chi connectivity index (χ3n) is 2.13. The third kappa shape index (κ3) is 3.06. The standard InChI is InChI=1S/C9H12N.C2H5.Al/c1-8-6-4-5-7-9(8)10(2)3;1-2;/h4-7H,1H2,2-3H3;1H2,2H3;. The first-order chi connectivity index (χ1) is 6.25. The summed E-state index contributed by atoms with van der Waals surface area (Å²) in [5.74, 6) is 0. The second-order valence-electron chi connectivity index (χ2n) is 3.42.